The molecule has 94 valence electrons. The first kappa shape index (κ1) is 12.9. The zero-order chi connectivity index (χ0) is 13.1. The molecule has 0 aliphatic rings. The molecule has 0 fully saturated rings. The molecule has 0 radical (unpaired) electrons. The van der Waals surface area contributed by atoms with Crippen LogP contribution in [0.2, 0.25) is 5.15 Å². The number of benzene rings is 1. The molecule has 1 unspecified atom stereocenters. The standard InChI is InChI=1S/C15H17ClN2/c1-10-8-14(15(16)17-9-10)18-12(3)13-7-5-4-6-11(13)2/h4-9,12,18H,1-3H3. The average molecular weight is 261 g/mol. The molecule has 0 spiro atoms. The van der Waals surface area contributed by atoms with Crippen LogP contribution in [0.25, 0.3) is 0 Å². The largest absolute Gasteiger partial charge is 0.376 e. The van der Waals surface area contributed by atoms with Gasteiger partial charge in [-0.1, -0.05) is 35.9 Å². The topological polar surface area (TPSA) is 24.9 Å². The van der Waals surface area contributed by atoms with Gasteiger partial charge in [0.15, 0.2) is 5.15 Å². The fourth-order valence-electron chi connectivity index (χ4n) is 2.04. The fraction of sp³-hybridized carbons (Fsp3) is 0.267. The second kappa shape index (κ2) is 5.40. The van der Waals surface area contributed by atoms with E-state index in [-0.39, 0.29) is 6.04 Å². The number of nitrogens with one attached hydrogen (secondary N) is 1. The van der Waals surface area contributed by atoms with E-state index >= 15 is 0 Å². The average Bonchev–Trinajstić information content (AvgIpc) is 2.34. The van der Waals surface area contributed by atoms with Crippen molar-refractivity contribution >= 4 is 17.3 Å². The Labute approximate surface area is 113 Å². The quantitative estimate of drug-likeness (QED) is 0.821. The Balaban J connectivity index is 2.24. The third-order valence-corrected chi connectivity index (χ3v) is 3.30. The molecule has 1 heterocycles. The second-order valence-corrected chi connectivity index (χ2v) is 4.93. The summed E-state index contributed by atoms with van der Waals surface area (Å²) in [5, 5.41) is 3.93. The summed E-state index contributed by atoms with van der Waals surface area (Å²) >= 11 is 6.09. The summed E-state index contributed by atoms with van der Waals surface area (Å²) in [5.74, 6) is 0. The van der Waals surface area contributed by atoms with E-state index in [0.717, 1.165) is 11.3 Å². The van der Waals surface area contributed by atoms with Crippen molar-refractivity contribution in [3.05, 3.63) is 58.4 Å². The Kier molecular flexibility index (Phi) is 3.87. The lowest BCUT2D eigenvalue weighted by Gasteiger charge is -2.18. The Hall–Kier alpha value is -1.54. The van der Waals surface area contributed by atoms with Crippen LogP contribution >= 0.6 is 11.6 Å². The van der Waals surface area contributed by atoms with E-state index in [9.17, 15) is 0 Å². The van der Waals surface area contributed by atoms with Gasteiger partial charge in [-0.15, -0.1) is 0 Å². The Morgan fingerprint density at radius 1 is 1.22 bits per heavy atom. The summed E-state index contributed by atoms with van der Waals surface area (Å²) in [6, 6.07) is 10.6. The van der Waals surface area contributed by atoms with Gasteiger partial charge in [0.05, 0.1) is 5.69 Å². The summed E-state index contributed by atoms with van der Waals surface area (Å²) < 4.78 is 0. The Bertz CT molecular complexity index is 552. The lowest BCUT2D eigenvalue weighted by molar-refractivity contribution is 0.872. The highest BCUT2D eigenvalue weighted by Crippen LogP contribution is 2.26. The second-order valence-electron chi connectivity index (χ2n) is 4.57. The molecule has 1 aromatic heterocycles. The molecule has 18 heavy (non-hydrogen) atoms. The van der Waals surface area contributed by atoms with Gasteiger partial charge < -0.3 is 5.32 Å². The molecule has 0 saturated carbocycles. The van der Waals surface area contributed by atoms with Crippen molar-refractivity contribution in [3.63, 3.8) is 0 Å². The van der Waals surface area contributed by atoms with Gasteiger partial charge in [-0.05, 0) is 43.5 Å². The van der Waals surface area contributed by atoms with Gasteiger partial charge in [-0.25, -0.2) is 4.98 Å². The zero-order valence-corrected chi connectivity index (χ0v) is 11.6. The number of aryl methyl sites for hydroxylation is 2. The van der Waals surface area contributed by atoms with Crippen LogP contribution in [0.15, 0.2) is 36.5 Å². The van der Waals surface area contributed by atoms with Crippen molar-refractivity contribution < 1.29 is 0 Å². The maximum atomic E-state index is 6.09. The zero-order valence-electron chi connectivity index (χ0n) is 10.9. The molecule has 2 nitrogen and oxygen atoms in total. The van der Waals surface area contributed by atoms with Crippen LogP contribution in [-0.4, -0.2) is 4.98 Å². The summed E-state index contributed by atoms with van der Waals surface area (Å²) in [4.78, 5) is 4.15. The highest BCUT2D eigenvalue weighted by Gasteiger charge is 2.10. The number of anilines is 1. The molecule has 2 aromatic rings. The molecule has 1 atom stereocenters. The molecule has 1 aromatic carbocycles. The van der Waals surface area contributed by atoms with Crippen LogP contribution in [0.1, 0.15) is 29.7 Å². The molecule has 0 aliphatic carbocycles. The SMILES string of the molecule is Cc1cnc(Cl)c(NC(C)c2ccccc2C)c1. The van der Waals surface area contributed by atoms with Crippen LogP contribution in [0, 0.1) is 13.8 Å². The summed E-state index contributed by atoms with van der Waals surface area (Å²) in [5.41, 5.74) is 4.52. The van der Waals surface area contributed by atoms with Crippen LogP contribution in [0.4, 0.5) is 5.69 Å². The predicted molar refractivity (Wildman–Crippen MR) is 77.2 cm³/mol. The summed E-state index contributed by atoms with van der Waals surface area (Å²) in [6.45, 7) is 6.25. The number of rotatable bonds is 3. The van der Waals surface area contributed by atoms with Crippen LogP contribution < -0.4 is 5.32 Å². The smallest absolute Gasteiger partial charge is 0.152 e. The van der Waals surface area contributed by atoms with E-state index in [1.165, 1.54) is 11.1 Å². The number of pyridine rings is 1. The predicted octanol–water partition coefficient (Wildman–Crippen LogP) is 4.52. The third kappa shape index (κ3) is 2.82. The van der Waals surface area contributed by atoms with Gasteiger partial charge in [0.2, 0.25) is 0 Å². The van der Waals surface area contributed by atoms with Crippen molar-refractivity contribution in [1.29, 1.82) is 0 Å². The van der Waals surface area contributed by atoms with E-state index in [1.54, 1.807) is 6.20 Å². The van der Waals surface area contributed by atoms with Crippen molar-refractivity contribution in [2.24, 2.45) is 0 Å². The highest BCUT2D eigenvalue weighted by atomic mass is 35.5. The third-order valence-electron chi connectivity index (χ3n) is 3.00. The van der Waals surface area contributed by atoms with Crippen LogP contribution in [0.5, 0.6) is 0 Å². The number of hydrogen-bond acceptors (Lipinski definition) is 2. The summed E-state index contributed by atoms with van der Waals surface area (Å²) in [7, 11) is 0. The number of aromatic nitrogens is 1. The minimum absolute atomic E-state index is 0.201. The maximum absolute atomic E-state index is 6.09. The summed E-state index contributed by atoms with van der Waals surface area (Å²) in [6.07, 6.45) is 1.77. The van der Waals surface area contributed by atoms with E-state index in [4.69, 9.17) is 11.6 Å². The lowest BCUT2D eigenvalue weighted by Crippen LogP contribution is -2.09. The monoisotopic (exact) mass is 260 g/mol. The van der Waals surface area contributed by atoms with E-state index < -0.39 is 0 Å². The van der Waals surface area contributed by atoms with Gasteiger partial charge in [-0.2, -0.15) is 0 Å². The van der Waals surface area contributed by atoms with Gasteiger partial charge in [-0.3, -0.25) is 0 Å². The molecule has 3 heteroatoms. The van der Waals surface area contributed by atoms with Gasteiger partial charge in [0, 0.05) is 12.2 Å². The molecule has 0 bridgehead atoms. The Morgan fingerprint density at radius 3 is 2.67 bits per heavy atom. The first-order chi connectivity index (χ1) is 8.58. The van der Waals surface area contributed by atoms with Crippen molar-refractivity contribution in [2.75, 3.05) is 5.32 Å². The van der Waals surface area contributed by atoms with Crippen molar-refractivity contribution in [3.8, 4) is 0 Å². The van der Waals surface area contributed by atoms with Gasteiger partial charge >= 0.3 is 0 Å². The van der Waals surface area contributed by atoms with Crippen LogP contribution in [-0.2, 0) is 0 Å². The number of nitrogens with zero attached hydrogens (tertiary/aromatic N) is 1. The first-order valence-corrected chi connectivity index (χ1v) is 6.40. The molecule has 0 amide bonds. The van der Waals surface area contributed by atoms with Gasteiger partial charge in [0.25, 0.3) is 0 Å². The van der Waals surface area contributed by atoms with E-state index in [1.807, 2.05) is 19.1 Å². The molecule has 1 N–H and O–H groups in total. The lowest BCUT2D eigenvalue weighted by atomic mass is 10.0. The fourth-order valence-corrected chi connectivity index (χ4v) is 2.20. The number of hydrogen-bond donors (Lipinski definition) is 1. The van der Waals surface area contributed by atoms with Crippen molar-refractivity contribution in [2.45, 2.75) is 26.8 Å². The van der Waals surface area contributed by atoms with Crippen LogP contribution in [0.3, 0.4) is 0 Å². The molecule has 0 aliphatic heterocycles. The minimum atomic E-state index is 0.201. The van der Waals surface area contributed by atoms with Crippen molar-refractivity contribution in [1.82, 2.24) is 4.98 Å². The maximum Gasteiger partial charge on any atom is 0.152 e. The Morgan fingerprint density at radius 2 is 1.94 bits per heavy atom. The first-order valence-electron chi connectivity index (χ1n) is 6.02. The minimum Gasteiger partial charge on any atom is -0.376 e. The molecule has 0 saturated heterocycles. The molecule has 2 rings (SSSR count). The molecular weight excluding hydrogens is 244 g/mol. The highest BCUT2D eigenvalue weighted by molar-refractivity contribution is 6.31. The van der Waals surface area contributed by atoms with Gasteiger partial charge in [0.1, 0.15) is 0 Å². The molecular formula is C15H17ClN2. The van der Waals surface area contributed by atoms with E-state index in [0.29, 0.717) is 5.15 Å². The number of halogens is 1. The normalized spacial score (nSPS) is 12.2. The van der Waals surface area contributed by atoms with E-state index in [2.05, 4.69) is 42.3 Å².